The van der Waals surface area contributed by atoms with Crippen molar-refractivity contribution in [2.75, 3.05) is 0 Å². The number of fused-ring (bicyclic) bond motifs is 2. The van der Waals surface area contributed by atoms with Crippen LogP contribution in [-0.2, 0) is 0 Å². The van der Waals surface area contributed by atoms with Crippen molar-refractivity contribution >= 4 is 11.1 Å². The second kappa shape index (κ2) is 6.41. The zero-order valence-corrected chi connectivity index (χ0v) is 17.3. The number of aryl methyl sites for hydroxylation is 6. The molecule has 5 rings (SSSR count). The van der Waals surface area contributed by atoms with Gasteiger partial charge in [0.25, 0.3) is 0 Å². The highest BCUT2D eigenvalue weighted by molar-refractivity contribution is 5.97. The quantitative estimate of drug-likeness (QED) is 0.537. The molecule has 0 unspecified atom stereocenters. The SMILES string of the molecule is Cc1cc(C)c(C2=C(c3c(C)cc(C)cc3C)C3CCC2CC3)c(C)c1. The Labute approximate surface area is 159 Å². The molecule has 0 nitrogen and oxygen atoms in total. The molecule has 1 fully saturated rings. The molecule has 0 spiro atoms. The van der Waals surface area contributed by atoms with Crippen LogP contribution < -0.4 is 0 Å². The summed E-state index contributed by atoms with van der Waals surface area (Å²) in [6, 6.07) is 9.52. The van der Waals surface area contributed by atoms with E-state index in [9.17, 15) is 0 Å². The number of hydrogen-bond acceptors (Lipinski definition) is 0. The van der Waals surface area contributed by atoms with Crippen molar-refractivity contribution in [3.8, 4) is 0 Å². The van der Waals surface area contributed by atoms with Crippen LogP contribution in [0.4, 0.5) is 0 Å². The molecule has 0 saturated heterocycles. The molecule has 0 atom stereocenters. The van der Waals surface area contributed by atoms with Crippen molar-refractivity contribution in [3.05, 3.63) is 68.8 Å². The lowest BCUT2D eigenvalue weighted by molar-refractivity contribution is 0.351. The molecular weight excluding hydrogens is 312 g/mol. The monoisotopic (exact) mass is 344 g/mol. The minimum absolute atomic E-state index is 0.746. The second-order valence-electron chi connectivity index (χ2n) is 8.92. The summed E-state index contributed by atoms with van der Waals surface area (Å²) in [5.41, 5.74) is 15.1. The van der Waals surface area contributed by atoms with Gasteiger partial charge in [0.05, 0.1) is 0 Å². The standard InChI is InChI=1S/C26H32/c1-15-11-17(3)23(18(4)12-15)25-21-7-9-22(10-8-21)26(25)24-19(5)13-16(2)14-20(24)6/h11-14,21-22H,7-10H2,1-6H3. The van der Waals surface area contributed by atoms with Crippen molar-refractivity contribution in [2.45, 2.75) is 67.2 Å². The highest BCUT2D eigenvalue weighted by Crippen LogP contribution is 2.54. The van der Waals surface area contributed by atoms with Crippen molar-refractivity contribution in [2.24, 2.45) is 11.8 Å². The zero-order valence-electron chi connectivity index (χ0n) is 17.3. The third-order valence-electron chi connectivity index (χ3n) is 6.73. The minimum atomic E-state index is 0.746. The van der Waals surface area contributed by atoms with E-state index in [0.29, 0.717) is 0 Å². The molecule has 3 aliphatic rings. The molecule has 26 heavy (non-hydrogen) atoms. The predicted octanol–water partition coefficient (Wildman–Crippen LogP) is 7.27. The van der Waals surface area contributed by atoms with Crippen LogP contribution in [0.5, 0.6) is 0 Å². The Balaban J connectivity index is 2.05. The fourth-order valence-electron chi connectivity index (χ4n) is 6.00. The summed E-state index contributed by atoms with van der Waals surface area (Å²) in [6.45, 7) is 13.7. The first-order valence-corrected chi connectivity index (χ1v) is 10.3. The molecule has 2 bridgehead atoms. The number of allylic oxidation sites excluding steroid dienone is 2. The Hall–Kier alpha value is -1.82. The highest BCUT2D eigenvalue weighted by Gasteiger charge is 2.38. The van der Waals surface area contributed by atoms with Gasteiger partial charge >= 0.3 is 0 Å². The van der Waals surface area contributed by atoms with Gasteiger partial charge in [-0.1, -0.05) is 35.4 Å². The molecule has 0 aromatic heterocycles. The van der Waals surface area contributed by atoms with Gasteiger partial charge in [-0.05, 0) is 124 Å². The number of hydrogen-bond donors (Lipinski definition) is 0. The molecule has 0 heteroatoms. The first kappa shape index (κ1) is 17.6. The summed E-state index contributed by atoms with van der Waals surface area (Å²) >= 11 is 0. The van der Waals surface area contributed by atoms with Gasteiger partial charge in [0.2, 0.25) is 0 Å². The van der Waals surface area contributed by atoms with Crippen molar-refractivity contribution in [1.29, 1.82) is 0 Å². The largest absolute Gasteiger partial charge is 0.0558 e. The summed E-state index contributed by atoms with van der Waals surface area (Å²) in [6.07, 6.45) is 5.50. The maximum absolute atomic E-state index is 2.38. The van der Waals surface area contributed by atoms with Crippen molar-refractivity contribution < 1.29 is 0 Å². The van der Waals surface area contributed by atoms with E-state index in [0.717, 1.165) is 11.8 Å². The predicted molar refractivity (Wildman–Crippen MR) is 114 cm³/mol. The molecule has 0 radical (unpaired) electrons. The summed E-state index contributed by atoms with van der Waals surface area (Å²) in [7, 11) is 0. The van der Waals surface area contributed by atoms with Crippen LogP contribution in [0.25, 0.3) is 11.1 Å². The van der Waals surface area contributed by atoms with Crippen LogP contribution in [0.1, 0.15) is 70.2 Å². The van der Waals surface area contributed by atoms with E-state index < -0.39 is 0 Å². The normalized spacial score (nSPS) is 22.2. The Bertz CT molecular complexity index is 780. The van der Waals surface area contributed by atoms with Crippen LogP contribution in [0.2, 0.25) is 0 Å². The lowest BCUT2D eigenvalue weighted by atomic mass is 9.62. The molecule has 0 heterocycles. The Morgan fingerprint density at radius 1 is 0.500 bits per heavy atom. The summed E-state index contributed by atoms with van der Waals surface area (Å²) < 4.78 is 0. The molecule has 0 N–H and O–H groups in total. The Morgan fingerprint density at radius 2 is 0.769 bits per heavy atom. The lowest BCUT2D eigenvalue weighted by Gasteiger charge is -2.42. The maximum atomic E-state index is 2.38. The van der Waals surface area contributed by atoms with Gasteiger partial charge in [-0.3, -0.25) is 0 Å². The molecule has 1 saturated carbocycles. The molecule has 0 aliphatic heterocycles. The highest BCUT2D eigenvalue weighted by atomic mass is 14.4. The van der Waals surface area contributed by atoms with Crippen molar-refractivity contribution in [3.63, 3.8) is 0 Å². The lowest BCUT2D eigenvalue weighted by Crippen LogP contribution is -2.26. The molecule has 2 aromatic carbocycles. The van der Waals surface area contributed by atoms with Gasteiger partial charge in [0.1, 0.15) is 0 Å². The first-order valence-electron chi connectivity index (χ1n) is 10.3. The zero-order chi connectivity index (χ0) is 18.6. The van der Waals surface area contributed by atoms with Gasteiger partial charge in [-0.25, -0.2) is 0 Å². The van der Waals surface area contributed by atoms with Crippen LogP contribution in [0.15, 0.2) is 24.3 Å². The van der Waals surface area contributed by atoms with Crippen LogP contribution in [-0.4, -0.2) is 0 Å². The first-order chi connectivity index (χ1) is 12.4. The minimum Gasteiger partial charge on any atom is -0.0558 e. The van der Waals surface area contributed by atoms with E-state index in [1.807, 2.05) is 0 Å². The fourth-order valence-corrected chi connectivity index (χ4v) is 6.00. The summed E-state index contributed by atoms with van der Waals surface area (Å²) in [4.78, 5) is 0. The number of benzene rings is 2. The van der Waals surface area contributed by atoms with E-state index in [2.05, 4.69) is 65.8 Å². The van der Waals surface area contributed by atoms with Gasteiger partial charge < -0.3 is 0 Å². The topological polar surface area (TPSA) is 0 Å². The van der Waals surface area contributed by atoms with E-state index in [4.69, 9.17) is 0 Å². The van der Waals surface area contributed by atoms with Gasteiger partial charge in [0.15, 0.2) is 0 Å². The van der Waals surface area contributed by atoms with Crippen LogP contribution in [0.3, 0.4) is 0 Å². The third kappa shape index (κ3) is 2.75. The van der Waals surface area contributed by atoms with E-state index >= 15 is 0 Å². The van der Waals surface area contributed by atoms with Gasteiger partial charge in [-0.15, -0.1) is 0 Å². The Morgan fingerprint density at radius 3 is 1.04 bits per heavy atom. The number of rotatable bonds is 2. The van der Waals surface area contributed by atoms with Crippen LogP contribution in [0, 0.1) is 53.4 Å². The molecule has 136 valence electrons. The van der Waals surface area contributed by atoms with Gasteiger partial charge in [0, 0.05) is 0 Å². The average Bonchev–Trinajstić information content (AvgIpc) is 2.55. The smallest absolute Gasteiger partial charge is 0.0152 e. The average molecular weight is 345 g/mol. The molecule has 3 aliphatic carbocycles. The Kier molecular flexibility index (Phi) is 4.34. The summed E-state index contributed by atoms with van der Waals surface area (Å²) in [5, 5.41) is 0. The van der Waals surface area contributed by atoms with Crippen molar-refractivity contribution in [1.82, 2.24) is 0 Å². The van der Waals surface area contributed by atoms with E-state index in [1.165, 1.54) is 59.1 Å². The van der Waals surface area contributed by atoms with Crippen LogP contribution >= 0.6 is 0 Å². The second-order valence-corrected chi connectivity index (χ2v) is 8.92. The maximum Gasteiger partial charge on any atom is -0.0152 e. The van der Waals surface area contributed by atoms with E-state index in [-0.39, 0.29) is 0 Å². The third-order valence-corrected chi connectivity index (χ3v) is 6.73. The fraction of sp³-hybridized carbons (Fsp3) is 0.462. The molecular formula is C26H32. The van der Waals surface area contributed by atoms with E-state index in [1.54, 1.807) is 22.3 Å². The van der Waals surface area contributed by atoms with Gasteiger partial charge in [-0.2, -0.15) is 0 Å². The molecule has 2 aromatic rings. The summed E-state index contributed by atoms with van der Waals surface area (Å²) in [5.74, 6) is 1.49. The molecule has 0 amide bonds.